The second-order valence-corrected chi connectivity index (χ2v) is 5.61. The molecule has 9 heteroatoms. The Bertz CT molecular complexity index is 641. The van der Waals surface area contributed by atoms with Gasteiger partial charge in [0.2, 0.25) is 10.0 Å². The van der Waals surface area contributed by atoms with Crippen molar-refractivity contribution in [3.05, 3.63) is 35.4 Å². The fraction of sp³-hybridized carbons (Fsp3) is 0.111. The van der Waals surface area contributed by atoms with Crippen LogP contribution in [0.25, 0.3) is 0 Å². The highest BCUT2D eigenvalue weighted by atomic mass is 35.5. The van der Waals surface area contributed by atoms with Crippen molar-refractivity contribution < 1.29 is 8.42 Å². The maximum atomic E-state index is 12.0. The van der Waals surface area contributed by atoms with E-state index in [1.165, 1.54) is 24.5 Å². The van der Waals surface area contributed by atoms with Gasteiger partial charge in [-0.2, -0.15) is 5.10 Å². The Morgan fingerprint density at radius 2 is 2.22 bits per heavy atom. The third-order valence-corrected chi connectivity index (χ3v) is 3.87. The van der Waals surface area contributed by atoms with Crippen molar-refractivity contribution in [3.8, 4) is 0 Å². The summed E-state index contributed by atoms with van der Waals surface area (Å²) in [4.78, 5) is 3.78. The average Bonchev–Trinajstić information content (AvgIpc) is 2.78. The van der Waals surface area contributed by atoms with Gasteiger partial charge < -0.3 is 5.73 Å². The zero-order valence-corrected chi connectivity index (χ0v) is 10.7. The van der Waals surface area contributed by atoms with Crippen molar-refractivity contribution >= 4 is 27.3 Å². The average molecular weight is 288 g/mol. The summed E-state index contributed by atoms with van der Waals surface area (Å²) in [5.74, 6) is 0.408. The van der Waals surface area contributed by atoms with E-state index in [4.69, 9.17) is 17.3 Å². The van der Waals surface area contributed by atoms with Crippen LogP contribution in [0.3, 0.4) is 0 Å². The maximum Gasteiger partial charge on any atom is 0.243 e. The van der Waals surface area contributed by atoms with Crippen molar-refractivity contribution in [2.45, 2.75) is 11.4 Å². The molecule has 1 heterocycles. The van der Waals surface area contributed by atoms with Crippen molar-refractivity contribution in [3.63, 3.8) is 0 Å². The topological polar surface area (TPSA) is 114 Å². The Balaban J connectivity index is 2.20. The van der Waals surface area contributed by atoms with E-state index >= 15 is 0 Å². The molecule has 2 aromatic rings. The number of aromatic amines is 1. The maximum absolute atomic E-state index is 12.0. The Kier molecular flexibility index (Phi) is 3.50. The number of nitrogens with zero attached hydrogens (tertiary/aromatic N) is 2. The minimum atomic E-state index is -3.71. The molecule has 96 valence electrons. The highest BCUT2D eigenvalue weighted by Gasteiger charge is 2.17. The van der Waals surface area contributed by atoms with Gasteiger partial charge in [-0.1, -0.05) is 11.6 Å². The number of aromatic nitrogens is 3. The molecule has 0 amide bonds. The van der Waals surface area contributed by atoms with Gasteiger partial charge in [0, 0.05) is 5.02 Å². The normalized spacial score (nSPS) is 11.6. The van der Waals surface area contributed by atoms with Crippen LogP contribution in [0.4, 0.5) is 5.69 Å². The van der Waals surface area contributed by atoms with E-state index in [0.29, 0.717) is 10.8 Å². The summed E-state index contributed by atoms with van der Waals surface area (Å²) in [6.07, 6.45) is 1.29. The van der Waals surface area contributed by atoms with Crippen LogP contribution in [0.15, 0.2) is 29.4 Å². The first-order chi connectivity index (χ1) is 8.49. The van der Waals surface area contributed by atoms with Gasteiger partial charge in [-0.05, 0) is 18.2 Å². The van der Waals surface area contributed by atoms with Gasteiger partial charge in [-0.3, -0.25) is 5.10 Å². The van der Waals surface area contributed by atoms with Crippen molar-refractivity contribution in [2.24, 2.45) is 0 Å². The number of hydrogen-bond acceptors (Lipinski definition) is 5. The van der Waals surface area contributed by atoms with E-state index in [-0.39, 0.29) is 17.1 Å². The molecule has 0 saturated carbocycles. The molecule has 0 spiro atoms. The van der Waals surface area contributed by atoms with E-state index < -0.39 is 10.0 Å². The number of rotatable bonds is 4. The summed E-state index contributed by atoms with van der Waals surface area (Å²) in [5, 5.41) is 6.53. The highest BCUT2D eigenvalue weighted by molar-refractivity contribution is 7.89. The molecule has 1 aromatic heterocycles. The fourth-order valence-electron chi connectivity index (χ4n) is 1.32. The molecule has 0 radical (unpaired) electrons. The molecule has 0 fully saturated rings. The van der Waals surface area contributed by atoms with E-state index in [1.807, 2.05) is 0 Å². The Hall–Kier alpha value is -1.64. The Morgan fingerprint density at radius 1 is 1.44 bits per heavy atom. The standard InChI is InChI=1S/C9H10ClN5O2S/c10-6-1-2-8(7(11)3-6)18(16,17)14-4-9-12-5-13-15-9/h1-3,5,14H,4,11H2,(H,12,13,15). The molecule has 7 nitrogen and oxygen atoms in total. The largest absolute Gasteiger partial charge is 0.398 e. The van der Waals surface area contributed by atoms with E-state index in [9.17, 15) is 8.42 Å². The molecular weight excluding hydrogens is 278 g/mol. The second-order valence-electron chi connectivity index (χ2n) is 3.44. The number of nitrogens with two attached hydrogens (primary N) is 1. The second kappa shape index (κ2) is 4.92. The molecule has 0 aliphatic heterocycles. The number of nitrogen functional groups attached to an aromatic ring is 1. The first-order valence-corrected chi connectivity index (χ1v) is 6.74. The summed E-state index contributed by atoms with van der Waals surface area (Å²) in [5.41, 5.74) is 5.71. The number of sulfonamides is 1. The molecule has 4 N–H and O–H groups in total. The lowest BCUT2D eigenvalue weighted by Gasteiger charge is -2.08. The number of nitrogens with one attached hydrogen (secondary N) is 2. The van der Waals surface area contributed by atoms with Gasteiger partial charge >= 0.3 is 0 Å². The van der Waals surface area contributed by atoms with Gasteiger partial charge in [0.15, 0.2) is 0 Å². The predicted octanol–water partition coefficient (Wildman–Crippen LogP) is 0.519. The summed E-state index contributed by atoms with van der Waals surface area (Å²) >= 11 is 5.71. The zero-order valence-electron chi connectivity index (χ0n) is 9.09. The third kappa shape index (κ3) is 2.78. The number of halogens is 1. The first kappa shape index (κ1) is 12.8. The monoisotopic (exact) mass is 287 g/mol. The lowest BCUT2D eigenvalue weighted by molar-refractivity contribution is 0.580. The van der Waals surface area contributed by atoms with Gasteiger partial charge in [0.1, 0.15) is 17.0 Å². The summed E-state index contributed by atoms with van der Waals surface area (Å²) < 4.78 is 26.3. The van der Waals surface area contributed by atoms with Gasteiger partial charge in [0.25, 0.3) is 0 Å². The van der Waals surface area contributed by atoms with Crippen LogP contribution in [0.1, 0.15) is 5.82 Å². The third-order valence-electron chi connectivity index (χ3n) is 2.16. The molecule has 0 saturated heterocycles. The van der Waals surface area contributed by atoms with Crippen LogP contribution < -0.4 is 10.5 Å². The van der Waals surface area contributed by atoms with E-state index in [0.717, 1.165) is 0 Å². The molecule has 0 aliphatic carbocycles. The van der Waals surface area contributed by atoms with Crippen molar-refractivity contribution in [2.75, 3.05) is 5.73 Å². The number of H-pyrrole nitrogens is 1. The van der Waals surface area contributed by atoms with E-state index in [2.05, 4.69) is 19.9 Å². The summed E-state index contributed by atoms with van der Waals surface area (Å²) in [6.45, 7) is 0.00436. The molecule has 0 atom stereocenters. The number of hydrogen-bond donors (Lipinski definition) is 3. The molecule has 2 rings (SSSR count). The molecular formula is C9H10ClN5O2S. The van der Waals surface area contributed by atoms with Gasteiger partial charge in [-0.15, -0.1) is 0 Å². The molecule has 1 aromatic carbocycles. The zero-order chi connectivity index (χ0) is 13.2. The Morgan fingerprint density at radius 3 is 2.83 bits per heavy atom. The molecule has 0 bridgehead atoms. The van der Waals surface area contributed by atoms with Crippen LogP contribution in [-0.4, -0.2) is 23.6 Å². The van der Waals surface area contributed by atoms with Crippen LogP contribution >= 0.6 is 11.6 Å². The predicted molar refractivity (Wildman–Crippen MR) is 66.3 cm³/mol. The first-order valence-electron chi connectivity index (χ1n) is 4.88. The van der Waals surface area contributed by atoms with Crippen molar-refractivity contribution in [1.82, 2.24) is 19.9 Å². The molecule has 0 unspecified atom stereocenters. The fourth-order valence-corrected chi connectivity index (χ4v) is 2.60. The van der Waals surface area contributed by atoms with Gasteiger partial charge in [0.05, 0.1) is 12.2 Å². The van der Waals surface area contributed by atoms with Crippen LogP contribution in [0.5, 0.6) is 0 Å². The minimum Gasteiger partial charge on any atom is -0.398 e. The Labute approximate surface area is 108 Å². The van der Waals surface area contributed by atoms with Crippen LogP contribution in [0.2, 0.25) is 5.02 Å². The smallest absolute Gasteiger partial charge is 0.243 e. The lowest BCUT2D eigenvalue weighted by atomic mass is 10.3. The number of benzene rings is 1. The molecule has 18 heavy (non-hydrogen) atoms. The van der Waals surface area contributed by atoms with Crippen LogP contribution in [0, 0.1) is 0 Å². The SMILES string of the molecule is Nc1cc(Cl)ccc1S(=O)(=O)NCc1ncn[nH]1. The summed E-state index contributed by atoms with van der Waals surface area (Å²) in [7, 11) is -3.71. The van der Waals surface area contributed by atoms with Gasteiger partial charge in [-0.25, -0.2) is 18.1 Å². The summed E-state index contributed by atoms with van der Waals surface area (Å²) in [6, 6.07) is 4.19. The lowest BCUT2D eigenvalue weighted by Crippen LogP contribution is -2.24. The van der Waals surface area contributed by atoms with Crippen LogP contribution in [-0.2, 0) is 16.6 Å². The molecule has 0 aliphatic rings. The van der Waals surface area contributed by atoms with E-state index in [1.54, 1.807) is 0 Å². The number of anilines is 1. The quantitative estimate of drug-likeness (QED) is 0.709. The van der Waals surface area contributed by atoms with Crippen molar-refractivity contribution in [1.29, 1.82) is 0 Å². The highest BCUT2D eigenvalue weighted by Crippen LogP contribution is 2.22. The minimum absolute atomic E-state index is 0.00436.